The molecule has 2 aliphatic rings. The van der Waals surface area contributed by atoms with Crippen LogP contribution in [-0.4, -0.2) is 46.3 Å². The molecule has 21 heavy (non-hydrogen) atoms. The zero-order valence-electron chi connectivity index (χ0n) is 13.4. The Labute approximate surface area is 132 Å². The molecular formula is C16H28N2O2S. The Morgan fingerprint density at radius 3 is 2.52 bits per heavy atom. The number of imide groups is 1. The van der Waals surface area contributed by atoms with E-state index in [2.05, 4.69) is 11.6 Å². The molecule has 5 heteroatoms. The summed E-state index contributed by atoms with van der Waals surface area (Å²) in [6.07, 6.45) is 9.00. The van der Waals surface area contributed by atoms with Crippen LogP contribution in [0, 0.1) is 0 Å². The number of nitrogens with zero attached hydrogens (tertiary/aromatic N) is 1. The lowest BCUT2D eigenvalue weighted by Crippen LogP contribution is -2.50. The second-order valence-electron chi connectivity index (χ2n) is 6.16. The first-order chi connectivity index (χ1) is 10.1. The molecule has 0 radical (unpaired) electrons. The number of likely N-dealkylation sites (tertiary alicyclic amines) is 1. The van der Waals surface area contributed by atoms with Gasteiger partial charge in [0, 0.05) is 17.3 Å². The second kappa shape index (κ2) is 7.63. The first-order valence-corrected chi connectivity index (χ1v) is 9.55. The van der Waals surface area contributed by atoms with Gasteiger partial charge in [-0.2, -0.15) is 11.8 Å². The van der Waals surface area contributed by atoms with Crippen LogP contribution in [0.5, 0.6) is 0 Å². The Morgan fingerprint density at radius 1 is 1.24 bits per heavy atom. The SMILES string of the molecule is CCC(CC)N1C(=O)CC(NC2CCCCC2SC)C1=O. The molecule has 3 atom stereocenters. The van der Waals surface area contributed by atoms with Crippen LogP contribution in [0.25, 0.3) is 0 Å². The molecular weight excluding hydrogens is 284 g/mol. The highest BCUT2D eigenvalue weighted by Crippen LogP contribution is 2.29. The summed E-state index contributed by atoms with van der Waals surface area (Å²) in [5.74, 6) is 0.00170. The summed E-state index contributed by atoms with van der Waals surface area (Å²) in [5.41, 5.74) is 0. The van der Waals surface area contributed by atoms with Gasteiger partial charge in [0.15, 0.2) is 0 Å². The van der Waals surface area contributed by atoms with Gasteiger partial charge in [-0.25, -0.2) is 0 Å². The van der Waals surface area contributed by atoms with Gasteiger partial charge in [-0.1, -0.05) is 26.7 Å². The van der Waals surface area contributed by atoms with Crippen molar-refractivity contribution in [3.05, 3.63) is 0 Å². The van der Waals surface area contributed by atoms with E-state index in [0.717, 1.165) is 19.3 Å². The van der Waals surface area contributed by atoms with Crippen molar-refractivity contribution in [3.63, 3.8) is 0 Å². The number of nitrogens with one attached hydrogen (secondary N) is 1. The van der Waals surface area contributed by atoms with Crippen molar-refractivity contribution < 1.29 is 9.59 Å². The fourth-order valence-electron chi connectivity index (χ4n) is 3.65. The number of hydrogen-bond donors (Lipinski definition) is 1. The minimum absolute atomic E-state index is 0.000809. The van der Waals surface area contributed by atoms with E-state index < -0.39 is 0 Å². The lowest BCUT2D eigenvalue weighted by molar-refractivity contribution is -0.141. The van der Waals surface area contributed by atoms with Crippen molar-refractivity contribution >= 4 is 23.6 Å². The third-order valence-corrected chi connectivity index (χ3v) is 6.08. The lowest BCUT2D eigenvalue weighted by atomic mass is 9.94. The minimum atomic E-state index is -0.296. The van der Waals surface area contributed by atoms with E-state index in [-0.39, 0.29) is 23.9 Å². The molecule has 2 amide bonds. The molecule has 1 saturated carbocycles. The van der Waals surface area contributed by atoms with Crippen LogP contribution in [0.3, 0.4) is 0 Å². The van der Waals surface area contributed by atoms with Gasteiger partial charge in [-0.05, 0) is 31.9 Å². The predicted octanol–water partition coefficient (Wildman–Crippen LogP) is 2.57. The lowest BCUT2D eigenvalue weighted by Gasteiger charge is -2.33. The third-order valence-electron chi connectivity index (χ3n) is 4.91. The van der Waals surface area contributed by atoms with Crippen molar-refractivity contribution in [2.24, 2.45) is 0 Å². The summed E-state index contributed by atoms with van der Waals surface area (Å²) in [5, 5.41) is 4.07. The highest BCUT2D eigenvalue weighted by Gasteiger charge is 2.42. The van der Waals surface area contributed by atoms with Crippen LogP contribution >= 0.6 is 11.8 Å². The number of carbonyl (C=O) groups excluding carboxylic acids is 2. The molecule has 0 spiro atoms. The van der Waals surface area contributed by atoms with E-state index >= 15 is 0 Å². The molecule has 0 bridgehead atoms. The molecule has 0 aromatic carbocycles. The van der Waals surface area contributed by atoms with E-state index in [1.807, 2.05) is 25.6 Å². The Morgan fingerprint density at radius 2 is 1.90 bits per heavy atom. The third kappa shape index (κ3) is 3.62. The topological polar surface area (TPSA) is 49.4 Å². The molecule has 1 heterocycles. The fraction of sp³-hybridized carbons (Fsp3) is 0.875. The Balaban J connectivity index is 2.01. The quantitative estimate of drug-likeness (QED) is 0.766. The van der Waals surface area contributed by atoms with Gasteiger partial charge in [0.25, 0.3) is 0 Å². The zero-order chi connectivity index (χ0) is 15.4. The summed E-state index contributed by atoms with van der Waals surface area (Å²) < 4.78 is 0. The van der Waals surface area contributed by atoms with Crippen molar-refractivity contribution in [2.45, 2.75) is 82.2 Å². The van der Waals surface area contributed by atoms with Crippen LogP contribution in [0.2, 0.25) is 0 Å². The van der Waals surface area contributed by atoms with Gasteiger partial charge >= 0.3 is 0 Å². The molecule has 0 aromatic rings. The van der Waals surface area contributed by atoms with Gasteiger partial charge in [-0.3, -0.25) is 14.5 Å². The number of rotatable bonds is 6. The van der Waals surface area contributed by atoms with Crippen LogP contribution in [0.15, 0.2) is 0 Å². The number of carbonyl (C=O) groups is 2. The smallest absolute Gasteiger partial charge is 0.247 e. The van der Waals surface area contributed by atoms with Gasteiger partial charge in [0.2, 0.25) is 11.8 Å². The molecule has 0 aromatic heterocycles. The summed E-state index contributed by atoms with van der Waals surface area (Å²) in [7, 11) is 0. The summed E-state index contributed by atoms with van der Waals surface area (Å²) in [6, 6.07) is 0.146. The van der Waals surface area contributed by atoms with Gasteiger partial charge in [0.05, 0.1) is 12.5 Å². The second-order valence-corrected chi connectivity index (χ2v) is 7.24. The van der Waals surface area contributed by atoms with E-state index in [1.165, 1.54) is 24.2 Å². The Hall–Kier alpha value is -0.550. The van der Waals surface area contributed by atoms with Gasteiger partial charge in [0.1, 0.15) is 0 Å². The van der Waals surface area contributed by atoms with E-state index in [1.54, 1.807) is 0 Å². The monoisotopic (exact) mass is 312 g/mol. The highest BCUT2D eigenvalue weighted by molar-refractivity contribution is 7.99. The van der Waals surface area contributed by atoms with Crippen molar-refractivity contribution in [1.82, 2.24) is 10.2 Å². The molecule has 1 aliphatic heterocycles. The molecule has 1 aliphatic carbocycles. The van der Waals surface area contributed by atoms with Crippen LogP contribution in [-0.2, 0) is 9.59 Å². The molecule has 2 rings (SSSR count). The van der Waals surface area contributed by atoms with E-state index in [4.69, 9.17) is 0 Å². The summed E-state index contributed by atoms with van der Waals surface area (Å²) in [4.78, 5) is 26.3. The van der Waals surface area contributed by atoms with E-state index in [9.17, 15) is 9.59 Å². The molecule has 1 saturated heterocycles. The van der Waals surface area contributed by atoms with Crippen molar-refractivity contribution in [3.8, 4) is 0 Å². The standard InChI is InChI=1S/C16H28N2O2S/c1-4-11(5-2)18-15(19)10-13(16(18)20)17-12-8-6-7-9-14(12)21-3/h11-14,17H,4-10H2,1-3H3. The molecule has 1 N–H and O–H groups in total. The molecule has 2 fully saturated rings. The molecule has 3 unspecified atom stereocenters. The Kier molecular flexibility index (Phi) is 6.11. The van der Waals surface area contributed by atoms with Crippen molar-refractivity contribution in [2.75, 3.05) is 6.26 Å². The highest BCUT2D eigenvalue weighted by atomic mass is 32.2. The zero-order valence-corrected chi connectivity index (χ0v) is 14.2. The fourth-order valence-corrected chi connectivity index (χ4v) is 4.59. The summed E-state index contributed by atoms with van der Waals surface area (Å²) in [6.45, 7) is 4.08. The molecule has 4 nitrogen and oxygen atoms in total. The predicted molar refractivity (Wildman–Crippen MR) is 87.3 cm³/mol. The minimum Gasteiger partial charge on any atom is -0.302 e. The average molecular weight is 312 g/mol. The first kappa shape index (κ1) is 16.8. The van der Waals surface area contributed by atoms with Crippen LogP contribution < -0.4 is 5.32 Å². The van der Waals surface area contributed by atoms with E-state index in [0.29, 0.717) is 17.7 Å². The maximum absolute atomic E-state index is 12.6. The van der Waals surface area contributed by atoms with Gasteiger partial charge in [-0.15, -0.1) is 0 Å². The van der Waals surface area contributed by atoms with Crippen molar-refractivity contribution in [1.29, 1.82) is 0 Å². The average Bonchev–Trinajstić information content (AvgIpc) is 2.77. The Bertz CT molecular complexity index is 384. The van der Waals surface area contributed by atoms with Crippen LogP contribution in [0.4, 0.5) is 0 Å². The maximum Gasteiger partial charge on any atom is 0.247 e. The molecule has 120 valence electrons. The van der Waals surface area contributed by atoms with Gasteiger partial charge < -0.3 is 5.32 Å². The number of amides is 2. The first-order valence-electron chi connectivity index (χ1n) is 8.27. The number of thioether (sulfide) groups is 1. The van der Waals surface area contributed by atoms with Crippen LogP contribution in [0.1, 0.15) is 58.8 Å². The normalized spacial score (nSPS) is 30.5. The number of hydrogen-bond acceptors (Lipinski definition) is 4. The summed E-state index contributed by atoms with van der Waals surface area (Å²) >= 11 is 1.88. The largest absolute Gasteiger partial charge is 0.302 e. The maximum atomic E-state index is 12.6.